The molecule has 0 amide bonds. The molecule has 72 valence electrons. The highest BCUT2D eigenvalue weighted by Crippen LogP contribution is 2.38. The first kappa shape index (κ1) is 10.6. The van der Waals surface area contributed by atoms with Gasteiger partial charge in [-0.3, -0.25) is 4.79 Å². The van der Waals surface area contributed by atoms with Crippen LogP contribution in [-0.4, -0.2) is 11.4 Å². The van der Waals surface area contributed by atoms with Crippen LogP contribution in [0.4, 0.5) is 0 Å². The summed E-state index contributed by atoms with van der Waals surface area (Å²) < 4.78 is 0. The normalized spacial score (nSPS) is 20.6. The van der Waals surface area contributed by atoms with Gasteiger partial charge in [0.05, 0.1) is 0 Å². The number of rotatable bonds is 1. The van der Waals surface area contributed by atoms with Crippen molar-refractivity contribution in [3.8, 4) is 0 Å². The molecule has 0 atom stereocenters. The van der Waals surface area contributed by atoms with Crippen molar-refractivity contribution in [3.05, 3.63) is 23.3 Å². The molecule has 0 saturated heterocycles. The molecule has 2 heteroatoms. The van der Waals surface area contributed by atoms with E-state index in [0.717, 1.165) is 17.6 Å². The summed E-state index contributed by atoms with van der Waals surface area (Å²) in [5.41, 5.74) is 2.12. The van der Waals surface area contributed by atoms with E-state index < -0.39 is 0 Å². The Hall–Kier alpha value is -0.500. The zero-order chi connectivity index (χ0) is 10.1. The summed E-state index contributed by atoms with van der Waals surface area (Å²) in [7, 11) is 0. The maximum Gasteiger partial charge on any atom is 0.215 e. The average molecular weight is 196 g/mol. The SMILES string of the molecule is CSC(=O)C1=C(C)C=CCC1(C)C. The van der Waals surface area contributed by atoms with Crippen LogP contribution in [0.2, 0.25) is 0 Å². The third kappa shape index (κ3) is 2.05. The van der Waals surface area contributed by atoms with Crippen molar-refractivity contribution in [2.45, 2.75) is 27.2 Å². The van der Waals surface area contributed by atoms with Crippen LogP contribution in [0.5, 0.6) is 0 Å². The molecule has 0 aromatic rings. The van der Waals surface area contributed by atoms with Gasteiger partial charge in [-0.25, -0.2) is 0 Å². The maximum absolute atomic E-state index is 11.7. The molecule has 0 fully saturated rings. The first-order valence-corrected chi connectivity index (χ1v) is 5.68. The fourth-order valence-electron chi connectivity index (χ4n) is 1.79. The van der Waals surface area contributed by atoms with Gasteiger partial charge in [-0.2, -0.15) is 0 Å². The Kier molecular flexibility index (Phi) is 3.01. The monoisotopic (exact) mass is 196 g/mol. The molecule has 13 heavy (non-hydrogen) atoms. The molecular formula is C11H16OS. The van der Waals surface area contributed by atoms with Crippen LogP contribution in [-0.2, 0) is 4.79 Å². The highest BCUT2D eigenvalue weighted by Gasteiger charge is 2.30. The van der Waals surface area contributed by atoms with Gasteiger partial charge in [0.2, 0.25) is 5.12 Å². The molecule has 1 nitrogen and oxygen atoms in total. The van der Waals surface area contributed by atoms with Gasteiger partial charge in [0.1, 0.15) is 0 Å². The zero-order valence-corrected chi connectivity index (χ0v) is 9.49. The van der Waals surface area contributed by atoms with Gasteiger partial charge in [0.15, 0.2) is 0 Å². The van der Waals surface area contributed by atoms with E-state index in [2.05, 4.69) is 26.0 Å². The molecule has 0 heterocycles. The quantitative estimate of drug-likeness (QED) is 0.640. The van der Waals surface area contributed by atoms with Gasteiger partial charge in [0.25, 0.3) is 0 Å². The number of carbonyl (C=O) groups is 1. The van der Waals surface area contributed by atoms with Crippen molar-refractivity contribution in [3.63, 3.8) is 0 Å². The lowest BCUT2D eigenvalue weighted by Crippen LogP contribution is -2.22. The van der Waals surface area contributed by atoms with E-state index in [-0.39, 0.29) is 10.5 Å². The van der Waals surface area contributed by atoms with E-state index in [0.29, 0.717) is 0 Å². The molecule has 0 aromatic carbocycles. The van der Waals surface area contributed by atoms with Gasteiger partial charge >= 0.3 is 0 Å². The summed E-state index contributed by atoms with van der Waals surface area (Å²) in [6.45, 7) is 6.27. The van der Waals surface area contributed by atoms with Crippen LogP contribution in [0.1, 0.15) is 27.2 Å². The fourth-order valence-corrected chi connectivity index (χ4v) is 2.43. The van der Waals surface area contributed by atoms with Crippen LogP contribution in [0.25, 0.3) is 0 Å². The Morgan fingerprint density at radius 1 is 1.54 bits per heavy atom. The second kappa shape index (κ2) is 3.70. The Balaban J connectivity index is 3.12. The predicted molar refractivity (Wildman–Crippen MR) is 58.8 cm³/mol. The van der Waals surface area contributed by atoms with E-state index in [1.165, 1.54) is 11.8 Å². The lowest BCUT2D eigenvalue weighted by atomic mass is 9.76. The van der Waals surface area contributed by atoms with Crippen molar-refractivity contribution in [2.75, 3.05) is 6.26 Å². The minimum Gasteiger partial charge on any atom is -0.282 e. The molecule has 0 radical (unpaired) electrons. The summed E-state index contributed by atoms with van der Waals surface area (Å²) in [4.78, 5) is 11.7. The van der Waals surface area contributed by atoms with Crippen molar-refractivity contribution in [2.24, 2.45) is 5.41 Å². The van der Waals surface area contributed by atoms with Crippen molar-refractivity contribution in [1.82, 2.24) is 0 Å². The molecule has 1 aliphatic carbocycles. The van der Waals surface area contributed by atoms with Gasteiger partial charge in [-0.1, -0.05) is 37.8 Å². The molecule has 1 aliphatic rings. The average Bonchev–Trinajstić information content (AvgIpc) is 2.02. The Labute approximate surface area is 84.3 Å². The largest absolute Gasteiger partial charge is 0.282 e. The van der Waals surface area contributed by atoms with E-state index in [9.17, 15) is 4.79 Å². The second-order valence-electron chi connectivity index (χ2n) is 4.04. The number of thioether (sulfide) groups is 1. The first-order valence-electron chi connectivity index (χ1n) is 4.45. The van der Waals surface area contributed by atoms with Crippen molar-refractivity contribution < 1.29 is 4.79 Å². The number of hydrogen-bond acceptors (Lipinski definition) is 2. The van der Waals surface area contributed by atoms with Crippen molar-refractivity contribution in [1.29, 1.82) is 0 Å². The highest BCUT2D eigenvalue weighted by atomic mass is 32.2. The van der Waals surface area contributed by atoms with E-state index in [1.807, 2.05) is 13.2 Å². The number of carbonyl (C=O) groups excluding carboxylic acids is 1. The molecule has 0 saturated carbocycles. The molecule has 0 aliphatic heterocycles. The fraction of sp³-hybridized carbons (Fsp3) is 0.545. The van der Waals surface area contributed by atoms with Crippen LogP contribution in [0.15, 0.2) is 23.3 Å². The first-order chi connectivity index (χ1) is 5.99. The molecule has 0 bridgehead atoms. The second-order valence-corrected chi connectivity index (χ2v) is 4.82. The van der Waals surface area contributed by atoms with Gasteiger partial charge in [-0.15, -0.1) is 0 Å². The maximum atomic E-state index is 11.7. The minimum absolute atomic E-state index is 0.0128. The van der Waals surface area contributed by atoms with E-state index in [1.54, 1.807) is 0 Å². The molecule has 1 rings (SSSR count). The standard InChI is InChI=1S/C11H16OS/c1-8-6-5-7-11(2,3)9(8)10(12)13-4/h5-6H,7H2,1-4H3. The number of hydrogen-bond donors (Lipinski definition) is 0. The van der Waals surface area contributed by atoms with E-state index in [4.69, 9.17) is 0 Å². The molecule has 0 aromatic heterocycles. The van der Waals surface area contributed by atoms with Crippen molar-refractivity contribution >= 4 is 16.9 Å². The lowest BCUT2D eigenvalue weighted by Gasteiger charge is -2.29. The summed E-state index contributed by atoms with van der Waals surface area (Å²) in [6, 6.07) is 0. The topological polar surface area (TPSA) is 17.1 Å². The van der Waals surface area contributed by atoms with Gasteiger partial charge in [0, 0.05) is 5.57 Å². The predicted octanol–water partition coefficient (Wildman–Crippen LogP) is 3.18. The van der Waals surface area contributed by atoms with Crippen LogP contribution < -0.4 is 0 Å². The van der Waals surface area contributed by atoms with Gasteiger partial charge in [-0.05, 0) is 30.6 Å². The van der Waals surface area contributed by atoms with Crippen LogP contribution in [0.3, 0.4) is 0 Å². The smallest absolute Gasteiger partial charge is 0.215 e. The molecule has 0 spiro atoms. The summed E-state index contributed by atoms with van der Waals surface area (Å²) in [6.07, 6.45) is 7.00. The number of allylic oxidation sites excluding steroid dienone is 3. The summed E-state index contributed by atoms with van der Waals surface area (Å²) in [5, 5.41) is 0.215. The summed E-state index contributed by atoms with van der Waals surface area (Å²) in [5.74, 6) is 0. The summed E-state index contributed by atoms with van der Waals surface area (Å²) >= 11 is 1.31. The molecular weight excluding hydrogens is 180 g/mol. The van der Waals surface area contributed by atoms with Crippen LogP contribution >= 0.6 is 11.8 Å². The lowest BCUT2D eigenvalue weighted by molar-refractivity contribution is -0.108. The Morgan fingerprint density at radius 2 is 2.15 bits per heavy atom. The third-order valence-corrected chi connectivity index (χ3v) is 3.03. The Bertz CT molecular complexity index is 284. The molecule has 0 N–H and O–H groups in total. The molecule has 0 unspecified atom stereocenters. The van der Waals surface area contributed by atoms with Crippen LogP contribution in [0, 0.1) is 5.41 Å². The Morgan fingerprint density at radius 3 is 2.62 bits per heavy atom. The zero-order valence-electron chi connectivity index (χ0n) is 8.68. The van der Waals surface area contributed by atoms with Gasteiger partial charge < -0.3 is 0 Å². The highest BCUT2D eigenvalue weighted by molar-refractivity contribution is 8.13. The minimum atomic E-state index is 0.0128. The van der Waals surface area contributed by atoms with E-state index >= 15 is 0 Å². The third-order valence-electron chi connectivity index (χ3n) is 2.46.